The summed E-state index contributed by atoms with van der Waals surface area (Å²) in [6.07, 6.45) is 2.40. The number of nitrogens with two attached hydrogens (primary N) is 1. The molecule has 0 bridgehead atoms. The minimum Gasteiger partial charge on any atom is -0.339 e. The SMILES string of the molecule is CC(=O)N1CCN(C(=O)/C(C#N)=C\N(C=O)CCCN)CC1. The molecule has 120 valence electrons. The average Bonchev–Trinajstić information content (AvgIpc) is 2.54. The van der Waals surface area contributed by atoms with E-state index in [4.69, 9.17) is 11.0 Å². The van der Waals surface area contributed by atoms with Crippen molar-refractivity contribution in [1.82, 2.24) is 14.7 Å². The highest BCUT2D eigenvalue weighted by atomic mass is 16.2. The third-order valence-electron chi connectivity index (χ3n) is 3.41. The lowest BCUT2D eigenvalue weighted by atomic mass is 10.2. The Morgan fingerprint density at radius 1 is 1.27 bits per heavy atom. The fourth-order valence-electron chi connectivity index (χ4n) is 2.11. The molecule has 0 atom stereocenters. The number of piperazine rings is 1. The molecule has 1 fully saturated rings. The van der Waals surface area contributed by atoms with E-state index in [0.717, 1.165) is 0 Å². The van der Waals surface area contributed by atoms with Crippen molar-refractivity contribution in [3.63, 3.8) is 0 Å². The smallest absolute Gasteiger partial charge is 0.266 e. The van der Waals surface area contributed by atoms with Gasteiger partial charge in [0.1, 0.15) is 11.6 Å². The van der Waals surface area contributed by atoms with Gasteiger partial charge in [-0.25, -0.2) is 0 Å². The monoisotopic (exact) mass is 307 g/mol. The van der Waals surface area contributed by atoms with Crippen LogP contribution in [0.2, 0.25) is 0 Å². The van der Waals surface area contributed by atoms with Crippen molar-refractivity contribution in [1.29, 1.82) is 5.26 Å². The number of amides is 3. The largest absolute Gasteiger partial charge is 0.339 e. The van der Waals surface area contributed by atoms with Crippen LogP contribution in [0.1, 0.15) is 13.3 Å². The highest BCUT2D eigenvalue weighted by Gasteiger charge is 2.25. The van der Waals surface area contributed by atoms with E-state index < -0.39 is 5.91 Å². The molecule has 0 saturated carbocycles. The van der Waals surface area contributed by atoms with E-state index in [1.54, 1.807) is 4.90 Å². The number of rotatable bonds is 6. The quantitative estimate of drug-likeness (QED) is 0.380. The predicted octanol–water partition coefficient (Wildman–Crippen LogP) is -1.11. The van der Waals surface area contributed by atoms with Gasteiger partial charge in [0.2, 0.25) is 12.3 Å². The van der Waals surface area contributed by atoms with Crippen molar-refractivity contribution >= 4 is 18.2 Å². The summed E-state index contributed by atoms with van der Waals surface area (Å²) in [7, 11) is 0. The molecule has 1 aliphatic heterocycles. The number of carbonyl (C=O) groups excluding carboxylic acids is 3. The normalized spacial score (nSPS) is 15.2. The third kappa shape index (κ3) is 4.86. The molecule has 1 saturated heterocycles. The lowest BCUT2D eigenvalue weighted by molar-refractivity contribution is -0.136. The van der Waals surface area contributed by atoms with E-state index in [1.807, 2.05) is 6.07 Å². The summed E-state index contributed by atoms with van der Waals surface area (Å²) in [5, 5.41) is 9.14. The van der Waals surface area contributed by atoms with Crippen LogP contribution >= 0.6 is 0 Å². The zero-order valence-corrected chi connectivity index (χ0v) is 12.7. The van der Waals surface area contributed by atoms with Gasteiger partial charge in [0.05, 0.1) is 0 Å². The Labute approximate surface area is 129 Å². The van der Waals surface area contributed by atoms with Gasteiger partial charge in [-0.05, 0) is 13.0 Å². The molecule has 3 amide bonds. The lowest BCUT2D eigenvalue weighted by Gasteiger charge is -2.34. The molecule has 0 aromatic heterocycles. The Bertz CT molecular complexity index is 489. The van der Waals surface area contributed by atoms with Crippen molar-refractivity contribution in [3.05, 3.63) is 11.8 Å². The molecule has 0 aromatic rings. The highest BCUT2D eigenvalue weighted by molar-refractivity contribution is 5.97. The Balaban J connectivity index is 2.70. The lowest BCUT2D eigenvalue weighted by Crippen LogP contribution is -2.50. The maximum atomic E-state index is 12.3. The predicted molar refractivity (Wildman–Crippen MR) is 79.0 cm³/mol. The first-order valence-corrected chi connectivity index (χ1v) is 7.11. The second kappa shape index (κ2) is 8.79. The zero-order chi connectivity index (χ0) is 16.5. The minimum atomic E-state index is -0.426. The molecular formula is C14H21N5O3. The first kappa shape index (κ1) is 17.7. The summed E-state index contributed by atoms with van der Waals surface area (Å²) in [4.78, 5) is 38.9. The van der Waals surface area contributed by atoms with E-state index in [2.05, 4.69) is 0 Å². The Hall–Kier alpha value is -2.40. The number of nitriles is 1. The molecule has 1 aliphatic rings. The van der Waals surface area contributed by atoms with Crippen molar-refractivity contribution < 1.29 is 14.4 Å². The molecule has 0 radical (unpaired) electrons. The van der Waals surface area contributed by atoms with Crippen LogP contribution in [0.3, 0.4) is 0 Å². The van der Waals surface area contributed by atoms with E-state index >= 15 is 0 Å². The van der Waals surface area contributed by atoms with E-state index in [0.29, 0.717) is 52.1 Å². The van der Waals surface area contributed by atoms with Gasteiger partial charge in [-0.3, -0.25) is 14.4 Å². The van der Waals surface area contributed by atoms with Crippen molar-refractivity contribution in [2.24, 2.45) is 5.73 Å². The van der Waals surface area contributed by atoms with Gasteiger partial charge in [-0.1, -0.05) is 0 Å². The van der Waals surface area contributed by atoms with Gasteiger partial charge in [0.25, 0.3) is 5.91 Å². The van der Waals surface area contributed by atoms with Crippen LogP contribution in [0, 0.1) is 11.3 Å². The topological polar surface area (TPSA) is 111 Å². The van der Waals surface area contributed by atoms with E-state index in [-0.39, 0.29) is 11.5 Å². The Morgan fingerprint density at radius 3 is 2.32 bits per heavy atom. The minimum absolute atomic E-state index is 0.0305. The number of hydrogen-bond acceptors (Lipinski definition) is 5. The number of nitrogens with zero attached hydrogens (tertiary/aromatic N) is 4. The standard InChI is InChI=1S/C14H21N5O3/c1-12(21)18-5-7-19(8-6-18)14(22)13(9-16)10-17(11-20)4-2-3-15/h10-11H,2-8,15H2,1H3/b13-10-. The first-order chi connectivity index (χ1) is 10.5. The summed E-state index contributed by atoms with van der Waals surface area (Å²) >= 11 is 0. The summed E-state index contributed by atoms with van der Waals surface area (Å²) in [5.41, 5.74) is 5.28. The van der Waals surface area contributed by atoms with Crippen LogP contribution in [0.25, 0.3) is 0 Å². The summed E-state index contributed by atoms with van der Waals surface area (Å²) in [6.45, 7) is 3.91. The van der Waals surface area contributed by atoms with Crippen LogP contribution in [-0.2, 0) is 14.4 Å². The second-order valence-corrected chi connectivity index (χ2v) is 4.94. The van der Waals surface area contributed by atoms with Crippen LogP contribution in [0.15, 0.2) is 11.8 Å². The fraction of sp³-hybridized carbons (Fsp3) is 0.571. The summed E-state index contributed by atoms with van der Waals surface area (Å²) in [5.74, 6) is -0.456. The Kier molecular flexibility index (Phi) is 7.05. The van der Waals surface area contributed by atoms with Crippen molar-refractivity contribution in [2.75, 3.05) is 39.3 Å². The van der Waals surface area contributed by atoms with Gasteiger partial charge in [0, 0.05) is 45.8 Å². The maximum absolute atomic E-state index is 12.3. The van der Waals surface area contributed by atoms with Gasteiger partial charge in [-0.2, -0.15) is 5.26 Å². The maximum Gasteiger partial charge on any atom is 0.266 e. The molecule has 0 aliphatic carbocycles. The van der Waals surface area contributed by atoms with Gasteiger partial charge >= 0.3 is 0 Å². The summed E-state index contributed by atoms with van der Waals surface area (Å²) < 4.78 is 0. The first-order valence-electron chi connectivity index (χ1n) is 7.11. The molecule has 0 spiro atoms. The van der Waals surface area contributed by atoms with Crippen LogP contribution < -0.4 is 5.73 Å². The Morgan fingerprint density at radius 2 is 1.86 bits per heavy atom. The van der Waals surface area contributed by atoms with E-state index in [1.165, 1.54) is 22.9 Å². The van der Waals surface area contributed by atoms with E-state index in [9.17, 15) is 14.4 Å². The fourth-order valence-corrected chi connectivity index (χ4v) is 2.11. The molecule has 1 heterocycles. The molecule has 0 aromatic carbocycles. The number of hydrogen-bond donors (Lipinski definition) is 1. The van der Waals surface area contributed by atoms with Crippen molar-refractivity contribution in [3.8, 4) is 6.07 Å². The molecule has 8 nitrogen and oxygen atoms in total. The molecule has 1 rings (SSSR count). The third-order valence-corrected chi connectivity index (χ3v) is 3.41. The summed E-state index contributed by atoms with van der Waals surface area (Å²) in [6, 6.07) is 1.83. The molecule has 0 unspecified atom stereocenters. The molecule has 8 heteroatoms. The van der Waals surface area contributed by atoms with Gasteiger partial charge in [-0.15, -0.1) is 0 Å². The number of carbonyl (C=O) groups is 3. The van der Waals surface area contributed by atoms with Crippen LogP contribution in [0.5, 0.6) is 0 Å². The zero-order valence-electron chi connectivity index (χ0n) is 12.7. The van der Waals surface area contributed by atoms with Gasteiger partial charge < -0.3 is 20.4 Å². The second-order valence-electron chi connectivity index (χ2n) is 4.94. The van der Waals surface area contributed by atoms with Crippen LogP contribution in [-0.4, -0.2) is 72.2 Å². The highest BCUT2D eigenvalue weighted by Crippen LogP contribution is 2.08. The average molecular weight is 307 g/mol. The van der Waals surface area contributed by atoms with Gasteiger partial charge in [0.15, 0.2) is 0 Å². The molecular weight excluding hydrogens is 286 g/mol. The molecule has 2 N–H and O–H groups in total. The molecule has 22 heavy (non-hydrogen) atoms. The van der Waals surface area contributed by atoms with Crippen LogP contribution in [0.4, 0.5) is 0 Å². The van der Waals surface area contributed by atoms with Crippen molar-refractivity contribution in [2.45, 2.75) is 13.3 Å².